The number of hydrazine groups is 1. The summed E-state index contributed by atoms with van der Waals surface area (Å²) in [6.07, 6.45) is 2.16. The number of phenolic OH excluding ortho intramolecular Hbond substituents is 1. The van der Waals surface area contributed by atoms with Gasteiger partial charge in [-0.05, 0) is 31.9 Å². The minimum Gasteiger partial charge on any atom is -0.507 e. The highest BCUT2D eigenvalue weighted by Crippen LogP contribution is 2.19. The van der Waals surface area contributed by atoms with E-state index in [1.807, 2.05) is 13.0 Å². The highest BCUT2D eigenvalue weighted by molar-refractivity contribution is 5.87. The summed E-state index contributed by atoms with van der Waals surface area (Å²) in [5, 5.41) is 13.6. The number of para-hydroxylation sites is 1. The van der Waals surface area contributed by atoms with Crippen LogP contribution in [-0.4, -0.2) is 29.3 Å². The first-order valence-corrected chi connectivity index (χ1v) is 6.20. The second-order valence-electron chi connectivity index (χ2n) is 4.73. The number of carbonyl (C=O) groups is 1. The number of aromatic hydroxyl groups is 1. The SMILES string of the molecule is Cc1cccc(/C=N/NC(=O)C2CC(C)NN2)c1O. The summed E-state index contributed by atoms with van der Waals surface area (Å²) in [6.45, 7) is 3.80. The lowest BCUT2D eigenvalue weighted by atomic mass is 10.1. The lowest BCUT2D eigenvalue weighted by molar-refractivity contribution is -0.122. The van der Waals surface area contributed by atoms with Gasteiger partial charge in [0.05, 0.1) is 6.21 Å². The molecule has 4 N–H and O–H groups in total. The van der Waals surface area contributed by atoms with Crippen molar-refractivity contribution in [2.75, 3.05) is 0 Å². The summed E-state index contributed by atoms with van der Waals surface area (Å²) in [5.74, 6) is -0.0185. The van der Waals surface area contributed by atoms with Crippen molar-refractivity contribution in [3.8, 4) is 5.75 Å². The average Bonchev–Trinajstić information content (AvgIpc) is 2.81. The van der Waals surface area contributed by atoms with Gasteiger partial charge in [-0.25, -0.2) is 10.9 Å². The third-order valence-electron chi connectivity index (χ3n) is 3.06. The number of hydrogen-bond acceptors (Lipinski definition) is 5. The lowest BCUT2D eigenvalue weighted by Gasteiger charge is -2.06. The molecule has 1 aliphatic rings. The molecule has 0 bridgehead atoms. The number of hydrazone groups is 1. The topological polar surface area (TPSA) is 85.8 Å². The number of nitrogens with zero attached hydrogens (tertiary/aromatic N) is 1. The molecule has 6 nitrogen and oxygen atoms in total. The molecule has 1 heterocycles. The summed E-state index contributed by atoms with van der Waals surface area (Å²) < 4.78 is 0. The maximum absolute atomic E-state index is 11.7. The van der Waals surface area contributed by atoms with Gasteiger partial charge >= 0.3 is 0 Å². The predicted octanol–water partition coefficient (Wildman–Crippen LogP) is 0.406. The Morgan fingerprint density at radius 3 is 3.00 bits per heavy atom. The minimum absolute atomic E-state index is 0.176. The summed E-state index contributed by atoms with van der Waals surface area (Å²) in [6, 6.07) is 5.34. The summed E-state index contributed by atoms with van der Waals surface area (Å²) in [5.41, 5.74) is 9.66. The molecule has 1 saturated heterocycles. The van der Waals surface area contributed by atoms with Gasteiger partial charge in [0.2, 0.25) is 0 Å². The smallest absolute Gasteiger partial charge is 0.258 e. The molecule has 1 aromatic carbocycles. The minimum atomic E-state index is -0.279. The van der Waals surface area contributed by atoms with Crippen molar-refractivity contribution >= 4 is 12.1 Å². The van der Waals surface area contributed by atoms with E-state index in [2.05, 4.69) is 21.4 Å². The number of phenols is 1. The fourth-order valence-electron chi connectivity index (χ4n) is 1.92. The fraction of sp³-hybridized carbons (Fsp3) is 0.385. The molecule has 2 rings (SSSR count). The number of benzene rings is 1. The van der Waals surface area contributed by atoms with E-state index in [-0.39, 0.29) is 23.7 Å². The highest BCUT2D eigenvalue weighted by atomic mass is 16.3. The van der Waals surface area contributed by atoms with Crippen molar-refractivity contribution in [3.63, 3.8) is 0 Å². The largest absolute Gasteiger partial charge is 0.507 e. The molecule has 2 unspecified atom stereocenters. The van der Waals surface area contributed by atoms with Gasteiger partial charge in [-0.2, -0.15) is 5.10 Å². The van der Waals surface area contributed by atoms with E-state index in [0.29, 0.717) is 5.56 Å². The molecule has 1 fully saturated rings. The molecule has 1 amide bonds. The van der Waals surface area contributed by atoms with Crippen LogP contribution in [0.2, 0.25) is 0 Å². The first kappa shape index (κ1) is 13.5. The Labute approximate surface area is 111 Å². The molecule has 0 spiro atoms. The number of hydrogen-bond donors (Lipinski definition) is 4. The van der Waals surface area contributed by atoms with E-state index >= 15 is 0 Å². The average molecular weight is 262 g/mol. The Bertz CT molecular complexity index is 501. The molecular formula is C13H18N4O2. The van der Waals surface area contributed by atoms with Gasteiger partial charge < -0.3 is 5.11 Å². The number of aryl methyl sites for hydroxylation is 1. The Morgan fingerprint density at radius 1 is 1.53 bits per heavy atom. The first-order chi connectivity index (χ1) is 9.08. The second-order valence-corrected chi connectivity index (χ2v) is 4.73. The monoisotopic (exact) mass is 262 g/mol. The number of carbonyl (C=O) groups excluding carboxylic acids is 1. The van der Waals surface area contributed by atoms with Crippen LogP contribution in [0.3, 0.4) is 0 Å². The second kappa shape index (κ2) is 5.81. The Kier molecular flexibility index (Phi) is 4.13. The van der Waals surface area contributed by atoms with Gasteiger partial charge in [-0.15, -0.1) is 0 Å². The van der Waals surface area contributed by atoms with Crippen molar-refractivity contribution in [1.29, 1.82) is 0 Å². The van der Waals surface area contributed by atoms with Crippen LogP contribution >= 0.6 is 0 Å². The Morgan fingerprint density at radius 2 is 2.32 bits per heavy atom. The van der Waals surface area contributed by atoms with Gasteiger partial charge in [0, 0.05) is 11.6 Å². The predicted molar refractivity (Wildman–Crippen MR) is 72.7 cm³/mol. The van der Waals surface area contributed by atoms with Crippen LogP contribution in [0.4, 0.5) is 0 Å². The van der Waals surface area contributed by atoms with Crippen molar-refractivity contribution in [3.05, 3.63) is 29.3 Å². The van der Waals surface area contributed by atoms with Gasteiger partial charge in [-0.1, -0.05) is 12.1 Å². The summed E-state index contributed by atoms with van der Waals surface area (Å²) in [4.78, 5) is 11.7. The van der Waals surface area contributed by atoms with Crippen LogP contribution < -0.4 is 16.3 Å². The molecule has 0 aliphatic carbocycles. The standard InChI is InChI=1S/C13H18N4O2/c1-8-4-3-5-10(12(8)18)7-14-17-13(19)11-6-9(2)15-16-11/h3-5,7,9,11,15-16,18H,6H2,1-2H3,(H,17,19)/b14-7+. The highest BCUT2D eigenvalue weighted by Gasteiger charge is 2.26. The molecule has 2 atom stereocenters. The molecule has 1 aromatic rings. The van der Waals surface area contributed by atoms with Crippen LogP contribution in [0.15, 0.2) is 23.3 Å². The third kappa shape index (κ3) is 3.30. The van der Waals surface area contributed by atoms with Crippen LogP contribution in [-0.2, 0) is 4.79 Å². The Balaban J connectivity index is 1.93. The van der Waals surface area contributed by atoms with Crippen LogP contribution in [0.1, 0.15) is 24.5 Å². The summed E-state index contributed by atoms with van der Waals surface area (Å²) >= 11 is 0. The molecule has 0 radical (unpaired) electrons. The first-order valence-electron chi connectivity index (χ1n) is 6.20. The Hall–Kier alpha value is -1.92. The summed E-state index contributed by atoms with van der Waals surface area (Å²) in [7, 11) is 0. The van der Waals surface area contributed by atoms with E-state index < -0.39 is 0 Å². The van der Waals surface area contributed by atoms with Crippen molar-refractivity contribution in [2.24, 2.45) is 5.10 Å². The number of nitrogens with one attached hydrogen (secondary N) is 3. The van der Waals surface area contributed by atoms with Crippen LogP contribution in [0.25, 0.3) is 0 Å². The zero-order chi connectivity index (χ0) is 13.8. The normalized spacial score (nSPS) is 22.8. The number of amides is 1. The van der Waals surface area contributed by atoms with Crippen molar-refractivity contribution in [2.45, 2.75) is 32.4 Å². The van der Waals surface area contributed by atoms with Gasteiger partial charge in [-0.3, -0.25) is 10.2 Å². The van der Waals surface area contributed by atoms with Crippen molar-refractivity contribution in [1.82, 2.24) is 16.3 Å². The zero-order valence-electron chi connectivity index (χ0n) is 11.0. The zero-order valence-corrected chi connectivity index (χ0v) is 11.0. The molecule has 0 aromatic heterocycles. The van der Waals surface area contributed by atoms with E-state index in [0.717, 1.165) is 12.0 Å². The molecule has 6 heteroatoms. The van der Waals surface area contributed by atoms with Crippen LogP contribution in [0, 0.1) is 6.92 Å². The fourth-order valence-corrected chi connectivity index (χ4v) is 1.92. The van der Waals surface area contributed by atoms with E-state index in [1.165, 1.54) is 6.21 Å². The maximum Gasteiger partial charge on any atom is 0.258 e. The maximum atomic E-state index is 11.7. The molecule has 102 valence electrons. The van der Waals surface area contributed by atoms with Gasteiger partial charge in [0.25, 0.3) is 5.91 Å². The molecule has 1 aliphatic heterocycles. The van der Waals surface area contributed by atoms with Crippen LogP contribution in [0.5, 0.6) is 5.75 Å². The third-order valence-corrected chi connectivity index (χ3v) is 3.06. The molecule has 19 heavy (non-hydrogen) atoms. The number of rotatable bonds is 3. The van der Waals surface area contributed by atoms with Gasteiger partial charge in [0.1, 0.15) is 11.8 Å². The van der Waals surface area contributed by atoms with Crippen molar-refractivity contribution < 1.29 is 9.90 Å². The molecular weight excluding hydrogens is 244 g/mol. The molecule has 0 saturated carbocycles. The van der Waals surface area contributed by atoms with E-state index in [1.54, 1.807) is 19.1 Å². The lowest BCUT2D eigenvalue weighted by Crippen LogP contribution is -2.41. The quantitative estimate of drug-likeness (QED) is 0.469. The van der Waals surface area contributed by atoms with Gasteiger partial charge in [0.15, 0.2) is 0 Å². The van der Waals surface area contributed by atoms with E-state index in [4.69, 9.17) is 0 Å². The van der Waals surface area contributed by atoms with E-state index in [9.17, 15) is 9.90 Å².